The van der Waals surface area contributed by atoms with Crippen LogP contribution in [0.4, 0.5) is 4.39 Å². The number of hydrogen-bond acceptors (Lipinski definition) is 4. The number of carbonyl (C=O) groups excluding carboxylic acids is 1. The molecule has 7 nitrogen and oxygen atoms in total. The lowest BCUT2D eigenvalue weighted by atomic mass is 10.1. The molecular formula is C19H20FN5O2. The first-order valence-corrected chi connectivity index (χ1v) is 8.55. The second-order valence-corrected chi connectivity index (χ2v) is 6.28. The summed E-state index contributed by atoms with van der Waals surface area (Å²) in [7, 11) is 0. The molecule has 1 amide bonds. The van der Waals surface area contributed by atoms with Gasteiger partial charge in [-0.05, 0) is 44.0 Å². The van der Waals surface area contributed by atoms with Gasteiger partial charge in [-0.1, -0.05) is 6.07 Å². The van der Waals surface area contributed by atoms with Crippen LogP contribution in [0.3, 0.4) is 0 Å². The molecule has 0 unspecified atom stereocenters. The van der Waals surface area contributed by atoms with Crippen molar-refractivity contribution < 1.29 is 9.18 Å². The molecule has 3 rings (SSSR count). The van der Waals surface area contributed by atoms with Crippen molar-refractivity contribution in [2.75, 3.05) is 0 Å². The summed E-state index contributed by atoms with van der Waals surface area (Å²) < 4.78 is 14.9. The number of halogens is 1. The first kappa shape index (κ1) is 18.5. The van der Waals surface area contributed by atoms with E-state index in [-0.39, 0.29) is 23.8 Å². The zero-order chi connectivity index (χ0) is 19.4. The van der Waals surface area contributed by atoms with Crippen molar-refractivity contribution in [3.8, 4) is 5.69 Å². The molecular weight excluding hydrogens is 349 g/mol. The Labute approximate surface area is 155 Å². The fourth-order valence-corrected chi connectivity index (χ4v) is 2.86. The molecule has 2 N–H and O–H groups in total. The van der Waals surface area contributed by atoms with E-state index in [1.54, 1.807) is 43.1 Å². The fraction of sp³-hybridized carbons (Fsp3) is 0.263. The van der Waals surface area contributed by atoms with Gasteiger partial charge >= 0.3 is 5.69 Å². The van der Waals surface area contributed by atoms with Crippen molar-refractivity contribution in [1.29, 1.82) is 0 Å². The average molecular weight is 369 g/mol. The van der Waals surface area contributed by atoms with E-state index in [1.165, 1.54) is 12.1 Å². The van der Waals surface area contributed by atoms with Gasteiger partial charge in [-0.15, -0.1) is 0 Å². The zero-order valence-electron chi connectivity index (χ0n) is 15.1. The van der Waals surface area contributed by atoms with Crippen LogP contribution < -0.4 is 11.0 Å². The lowest BCUT2D eigenvalue weighted by Gasteiger charge is -2.08. The number of aromatic nitrogens is 4. The smallest absolute Gasteiger partial charge is 0.345 e. The van der Waals surface area contributed by atoms with Crippen LogP contribution in [-0.4, -0.2) is 25.7 Å². The highest BCUT2D eigenvalue weighted by molar-refractivity contribution is 5.76. The largest absolute Gasteiger partial charge is 0.352 e. The summed E-state index contributed by atoms with van der Waals surface area (Å²) in [4.78, 5) is 29.9. The zero-order valence-corrected chi connectivity index (χ0v) is 15.1. The van der Waals surface area contributed by atoms with E-state index in [2.05, 4.69) is 20.4 Å². The summed E-state index contributed by atoms with van der Waals surface area (Å²) in [5.41, 5.74) is 3.30. The number of aryl methyl sites for hydroxylation is 2. The monoisotopic (exact) mass is 369 g/mol. The fourth-order valence-electron chi connectivity index (χ4n) is 2.86. The van der Waals surface area contributed by atoms with E-state index in [0.29, 0.717) is 24.3 Å². The number of aromatic amines is 1. The van der Waals surface area contributed by atoms with Gasteiger partial charge in [-0.25, -0.2) is 13.9 Å². The first-order chi connectivity index (χ1) is 12.9. The van der Waals surface area contributed by atoms with Gasteiger partial charge in [0, 0.05) is 36.1 Å². The highest BCUT2D eigenvalue weighted by atomic mass is 19.1. The molecule has 2 aromatic heterocycles. The molecule has 0 bridgehead atoms. The van der Waals surface area contributed by atoms with Crippen molar-refractivity contribution in [1.82, 2.24) is 25.1 Å². The van der Waals surface area contributed by atoms with Crippen molar-refractivity contribution in [3.63, 3.8) is 0 Å². The number of nitrogens with one attached hydrogen (secondary N) is 2. The van der Waals surface area contributed by atoms with Crippen LogP contribution in [0.15, 0.2) is 41.5 Å². The van der Waals surface area contributed by atoms with E-state index < -0.39 is 0 Å². The van der Waals surface area contributed by atoms with Crippen LogP contribution in [0.5, 0.6) is 0 Å². The molecule has 27 heavy (non-hydrogen) atoms. The molecule has 0 saturated heterocycles. The van der Waals surface area contributed by atoms with Crippen molar-refractivity contribution in [2.24, 2.45) is 0 Å². The minimum atomic E-state index is -0.381. The number of hydrogen-bond donors (Lipinski definition) is 2. The Kier molecular flexibility index (Phi) is 5.44. The van der Waals surface area contributed by atoms with Gasteiger partial charge in [0.25, 0.3) is 0 Å². The molecule has 0 aliphatic carbocycles. The minimum Gasteiger partial charge on any atom is -0.352 e. The van der Waals surface area contributed by atoms with Crippen molar-refractivity contribution >= 4 is 5.91 Å². The lowest BCUT2D eigenvalue weighted by Crippen LogP contribution is -2.23. The number of nitrogens with zero attached hydrogens (tertiary/aromatic N) is 3. The Morgan fingerprint density at radius 3 is 2.89 bits per heavy atom. The minimum absolute atomic E-state index is 0.112. The predicted octanol–water partition coefficient (Wildman–Crippen LogP) is 1.96. The van der Waals surface area contributed by atoms with E-state index in [0.717, 1.165) is 16.8 Å². The molecule has 1 aromatic carbocycles. The maximum atomic E-state index is 13.3. The standard InChI is InChI=1S/C19H20FN5O2/c1-12-17(13(2)24-19(27)23-12)6-7-18(26)21-9-14-10-22-25(11-14)16-5-3-4-15(20)8-16/h3-5,8,10-11H,6-7,9H2,1-2H3,(H,21,26)(H,23,24,27). The van der Waals surface area contributed by atoms with Gasteiger partial charge in [0.2, 0.25) is 5.91 Å². The second kappa shape index (κ2) is 7.94. The van der Waals surface area contributed by atoms with E-state index >= 15 is 0 Å². The number of carbonyl (C=O) groups is 1. The number of rotatable bonds is 6. The maximum absolute atomic E-state index is 13.3. The third-order valence-electron chi connectivity index (χ3n) is 4.25. The molecule has 140 valence electrons. The molecule has 0 aliphatic heterocycles. The molecule has 0 spiro atoms. The van der Waals surface area contributed by atoms with Crippen LogP contribution in [0.1, 0.15) is 28.9 Å². The first-order valence-electron chi connectivity index (χ1n) is 8.55. The van der Waals surface area contributed by atoms with Gasteiger partial charge in [-0.3, -0.25) is 4.79 Å². The van der Waals surface area contributed by atoms with Gasteiger partial charge in [0.1, 0.15) is 5.82 Å². The molecule has 0 aliphatic rings. The highest BCUT2D eigenvalue weighted by Crippen LogP contribution is 2.11. The van der Waals surface area contributed by atoms with Crippen LogP contribution in [0, 0.1) is 19.7 Å². The Morgan fingerprint density at radius 1 is 1.33 bits per heavy atom. The SMILES string of the molecule is Cc1nc(=O)[nH]c(C)c1CCC(=O)NCc1cnn(-c2cccc(F)c2)c1. The van der Waals surface area contributed by atoms with Gasteiger partial charge in [-0.2, -0.15) is 10.1 Å². The predicted molar refractivity (Wildman–Crippen MR) is 98.0 cm³/mol. The van der Waals surface area contributed by atoms with Crippen molar-refractivity contribution in [2.45, 2.75) is 33.2 Å². The van der Waals surface area contributed by atoms with Crippen LogP contribution in [0.25, 0.3) is 5.69 Å². The van der Waals surface area contributed by atoms with Crippen LogP contribution in [0.2, 0.25) is 0 Å². The molecule has 8 heteroatoms. The normalized spacial score (nSPS) is 10.8. The molecule has 2 heterocycles. The molecule has 0 radical (unpaired) electrons. The Bertz CT molecular complexity index is 999. The van der Waals surface area contributed by atoms with E-state index in [1.807, 2.05) is 0 Å². The third-order valence-corrected chi connectivity index (χ3v) is 4.25. The molecule has 0 fully saturated rings. The quantitative estimate of drug-likeness (QED) is 0.695. The Morgan fingerprint density at radius 2 is 2.15 bits per heavy atom. The maximum Gasteiger partial charge on any atom is 0.345 e. The summed E-state index contributed by atoms with van der Waals surface area (Å²) in [5, 5.41) is 7.02. The second-order valence-electron chi connectivity index (χ2n) is 6.28. The van der Waals surface area contributed by atoms with Crippen LogP contribution in [-0.2, 0) is 17.8 Å². The topological polar surface area (TPSA) is 92.7 Å². The number of amides is 1. The number of benzene rings is 1. The van der Waals surface area contributed by atoms with Gasteiger partial charge in [0.05, 0.1) is 11.9 Å². The van der Waals surface area contributed by atoms with Crippen LogP contribution >= 0.6 is 0 Å². The molecule has 0 atom stereocenters. The van der Waals surface area contributed by atoms with E-state index in [4.69, 9.17) is 0 Å². The summed E-state index contributed by atoms with van der Waals surface area (Å²) in [6.45, 7) is 3.89. The van der Waals surface area contributed by atoms with Gasteiger partial charge in [0.15, 0.2) is 0 Å². The number of H-pyrrole nitrogens is 1. The Hall–Kier alpha value is -3.29. The third kappa shape index (κ3) is 4.66. The lowest BCUT2D eigenvalue weighted by molar-refractivity contribution is -0.121. The van der Waals surface area contributed by atoms with Crippen molar-refractivity contribution in [3.05, 3.63) is 75.5 Å². The summed E-state index contributed by atoms with van der Waals surface area (Å²) in [6, 6.07) is 6.12. The summed E-state index contributed by atoms with van der Waals surface area (Å²) in [6.07, 6.45) is 4.16. The van der Waals surface area contributed by atoms with E-state index in [9.17, 15) is 14.0 Å². The molecule has 0 saturated carbocycles. The Balaban J connectivity index is 1.55. The summed E-state index contributed by atoms with van der Waals surface area (Å²) >= 11 is 0. The summed E-state index contributed by atoms with van der Waals surface area (Å²) in [5.74, 6) is -0.446. The van der Waals surface area contributed by atoms with Gasteiger partial charge < -0.3 is 10.3 Å². The highest BCUT2D eigenvalue weighted by Gasteiger charge is 2.10. The average Bonchev–Trinajstić information content (AvgIpc) is 3.08. The molecule has 3 aromatic rings.